The molecule has 5 heteroatoms. The van der Waals surface area contributed by atoms with Gasteiger partial charge in [-0.15, -0.1) is 11.3 Å². The Bertz CT molecular complexity index is 406. The Morgan fingerprint density at radius 1 is 1.40 bits per heavy atom. The minimum atomic E-state index is 0.375. The van der Waals surface area contributed by atoms with Gasteiger partial charge in [-0.2, -0.15) is 0 Å². The lowest BCUT2D eigenvalue weighted by Gasteiger charge is -2.32. The van der Waals surface area contributed by atoms with Gasteiger partial charge in [-0.25, -0.2) is 4.98 Å². The number of nitrogens with one attached hydrogen (secondary N) is 1. The molecule has 1 aromatic heterocycles. The van der Waals surface area contributed by atoms with Crippen LogP contribution in [0.25, 0.3) is 0 Å². The molecule has 0 aliphatic carbocycles. The van der Waals surface area contributed by atoms with Gasteiger partial charge >= 0.3 is 0 Å². The molecule has 2 heterocycles. The molecule has 0 bridgehead atoms. The number of aromatic nitrogens is 1. The van der Waals surface area contributed by atoms with Crippen LogP contribution in [0.2, 0.25) is 0 Å². The van der Waals surface area contributed by atoms with E-state index in [9.17, 15) is 0 Å². The van der Waals surface area contributed by atoms with Crippen LogP contribution < -0.4 is 10.2 Å². The van der Waals surface area contributed by atoms with Gasteiger partial charge in [0.25, 0.3) is 0 Å². The van der Waals surface area contributed by atoms with Gasteiger partial charge in [0.15, 0.2) is 5.13 Å². The fourth-order valence-electron chi connectivity index (χ4n) is 2.64. The molecule has 0 spiro atoms. The van der Waals surface area contributed by atoms with Crippen LogP contribution in [0, 0.1) is 0 Å². The lowest BCUT2D eigenvalue weighted by molar-refractivity contribution is 0.0526. The second-order valence-corrected chi connectivity index (χ2v) is 6.23. The number of nitrogens with zero attached hydrogens (tertiary/aromatic N) is 2. The topological polar surface area (TPSA) is 37.4 Å². The van der Waals surface area contributed by atoms with Crippen molar-refractivity contribution in [3.8, 4) is 0 Å². The van der Waals surface area contributed by atoms with Crippen LogP contribution in [0.4, 0.5) is 5.13 Å². The molecule has 20 heavy (non-hydrogen) atoms. The van der Waals surface area contributed by atoms with Crippen LogP contribution in [0.3, 0.4) is 0 Å². The average molecular weight is 297 g/mol. The molecule has 1 atom stereocenters. The van der Waals surface area contributed by atoms with Crippen molar-refractivity contribution in [2.24, 2.45) is 0 Å². The molecule has 2 rings (SSSR count). The van der Waals surface area contributed by atoms with E-state index in [1.54, 1.807) is 0 Å². The molecule has 1 fully saturated rings. The maximum absolute atomic E-state index is 5.79. The molecule has 0 aromatic carbocycles. The molecular weight excluding hydrogens is 270 g/mol. The quantitative estimate of drug-likeness (QED) is 0.840. The SMILES string of the molecule is CCNCc1sc(N2CCCC(OCC)C2)nc1CC. The van der Waals surface area contributed by atoms with E-state index in [0.29, 0.717) is 6.10 Å². The Hall–Kier alpha value is -0.650. The highest BCUT2D eigenvalue weighted by Crippen LogP contribution is 2.29. The zero-order valence-electron chi connectivity index (χ0n) is 12.9. The third kappa shape index (κ3) is 3.93. The second kappa shape index (κ2) is 7.96. The van der Waals surface area contributed by atoms with E-state index in [1.807, 2.05) is 11.3 Å². The summed E-state index contributed by atoms with van der Waals surface area (Å²) in [6, 6.07) is 0. The Morgan fingerprint density at radius 3 is 2.95 bits per heavy atom. The van der Waals surface area contributed by atoms with Crippen molar-refractivity contribution in [3.63, 3.8) is 0 Å². The van der Waals surface area contributed by atoms with Crippen molar-refractivity contribution in [3.05, 3.63) is 10.6 Å². The molecule has 0 radical (unpaired) electrons. The van der Waals surface area contributed by atoms with Crippen molar-refractivity contribution in [2.75, 3.05) is 31.1 Å². The number of rotatable bonds is 7. The van der Waals surface area contributed by atoms with Gasteiger partial charge < -0.3 is 15.0 Å². The monoisotopic (exact) mass is 297 g/mol. The van der Waals surface area contributed by atoms with Crippen molar-refractivity contribution in [1.29, 1.82) is 0 Å². The van der Waals surface area contributed by atoms with Gasteiger partial charge in [0.05, 0.1) is 11.8 Å². The highest BCUT2D eigenvalue weighted by atomic mass is 32.1. The molecule has 1 unspecified atom stereocenters. The largest absolute Gasteiger partial charge is 0.377 e. The highest BCUT2D eigenvalue weighted by molar-refractivity contribution is 7.15. The van der Waals surface area contributed by atoms with E-state index in [1.165, 1.54) is 28.5 Å². The Morgan fingerprint density at radius 2 is 2.25 bits per heavy atom. The molecule has 4 nitrogen and oxygen atoms in total. The van der Waals surface area contributed by atoms with E-state index in [4.69, 9.17) is 9.72 Å². The molecule has 1 aliphatic heterocycles. The van der Waals surface area contributed by atoms with Crippen molar-refractivity contribution < 1.29 is 4.74 Å². The van der Waals surface area contributed by atoms with Crippen LogP contribution >= 0.6 is 11.3 Å². The summed E-state index contributed by atoms with van der Waals surface area (Å²) in [6.07, 6.45) is 3.77. The second-order valence-electron chi connectivity index (χ2n) is 5.17. The first-order valence-electron chi connectivity index (χ1n) is 7.84. The number of hydrogen-bond donors (Lipinski definition) is 1. The third-order valence-corrected chi connectivity index (χ3v) is 4.85. The molecule has 1 N–H and O–H groups in total. The predicted molar refractivity (Wildman–Crippen MR) is 85.7 cm³/mol. The summed E-state index contributed by atoms with van der Waals surface area (Å²) in [6.45, 7) is 11.3. The van der Waals surface area contributed by atoms with E-state index in [0.717, 1.165) is 39.2 Å². The minimum Gasteiger partial charge on any atom is -0.377 e. The molecule has 1 aliphatic rings. The first-order valence-corrected chi connectivity index (χ1v) is 8.65. The van der Waals surface area contributed by atoms with Gasteiger partial charge in [-0.3, -0.25) is 0 Å². The summed E-state index contributed by atoms with van der Waals surface area (Å²) < 4.78 is 5.79. The zero-order valence-corrected chi connectivity index (χ0v) is 13.8. The van der Waals surface area contributed by atoms with E-state index in [2.05, 4.69) is 31.0 Å². The van der Waals surface area contributed by atoms with Crippen LogP contribution in [-0.4, -0.2) is 37.3 Å². The summed E-state index contributed by atoms with van der Waals surface area (Å²) in [5.41, 5.74) is 1.25. The van der Waals surface area contributed by atoms with Crippen molar-refractivity contribution in [2.45, 2.75) is 52.7 Å². The Kier molecular flexibility index (Phi) is 6.26. The summed E-state index contributed by atoms with van der Waals surface area (Å²) in [5, 5.41) is 4.59. The van der Waals surface area contributed by atoms with Crippen LogP contribution in [-0.2, 0) is 17.7 Å². The fraction of sp³-hybridized carbons (Fsp3) is 0.800. The first kappa shape index (κ1) is 15.7. The fourth-order valence-corrected chi connectivity index (χ4v) is 3.79. The molecule has 1 aromatic rings. The number of aryl methyl sites for hydroxylation is 1. The first-order chi connectivity index (χ1) is 9.78. The maximum Gasteiger partial charge on any atom is 0.185 e. The molecular formula is C15H27N3OS. The van der Waals surface area contributed by atoms with E-state index in [-0.39, 0.29) is 0 Å². The van der Waals surface area contributed by atoms with Gasteiger partial charge in [-0.1, -0.05) is 13.8 Å². The molecule has 0 saturated carbocycles. The minimum absolute atomic E-state index is 0.375. The zero-order chi connectivity index (χ0) is 14.4. The number of ether oxygens (including phenoxy) is 1. The smallest absolute Gasteiger partial charge is 0.185 e. The average Bonchev–Trinajstić information content (AvgIpc) is 2.89. The third-order valence-electron chi connectivity index (χ3n) is 3.69. The lowest BCUT2D eigenvalue weighted by atomic mass is 10.1. The van der Waals surface area contributed by atoms with Crippen molar-refractivity contribution in [1.82, 2.24) is 10.3 Å². The maximum atomic E-state index is 5.79. The van der Waals surface area contributed by atoms with Crippen LogP contribution in [0.5, 0.6) is 0 Å². The summed E-state index contributed by atoms with van der Waals surface area (Å²) in [4.78, 5) is 8.65. The number of thiazole rings is 1. The van der Waals surface area contributed by atoms with Gasteiger partial charge in [0.1, 0.15) is 0 Å². The Labute approximate surface area is 126 Å². The number of anilines is 1. The van der Waals surface area contributed by atoms with Crippen LogP contribution in [0.1, 0.15) is 44.2 Å². The molecule has 0 amide bonds. The van der Waals surface area contributed by atoms with E-state index >= 15 is 0 Å². The van der Waals surface area contributed by atoms with Crippen LogP contribution in [0.15, 0.2) is 0 Å². The van der Waals surface area contributed by atoms with E-state index < -0.39 is 0 Å². The highest BCUT2D eigenvalue weighted by Gasteiger charge is 2.23. The summed E-state index contributed by atoms with van der Waals surface area (Å²) >= 11 is 1.85. The summed E-state index contributed by atoms with van der Waals surface area (Å²) in [7, 11) is 0. The summed E-state index contributed by atoms with van der Waals surface area (Å²) in [5.74, 6) is 0. The normalized spacial score (nSPS) is 19.6. The predicted octanol–water partition coefficient (Wildman–Crippen LogP) is 2.82. The number of hydrogen-bond acceptors (Lipinski definition) is 5. The van der Waals surface area contributed by atoms with Gasteiger partial charge in [0, 0.05) is 31.1 Å². The number of piperidine rings is 1. The van der Waals surface area contributed by atoms with Crippen molar-refractivity contribution >= 4 is 16.5 Å². The molecule has 114 valence electrons. The molecule has 1 saturated heterocycles. The van der Waals surface area contributed by atoms with Gasteiger partial charge in [0.2, 0.25) is 0 Å². The Balaban J connectivity index is 2.05. The standard InChI is InChI=1S/C15H27N3OS/c1-4-13-14(10-16-5-2)20-15(17-13)18-9-7-8-12(11-18)19-6-3/h12,16H,4-11H2,1-3H3. The van der Waals surface area contributed by atoms with Gasteiger partial charge in [-0.05, 0) is 32.7 Å². The lowest BCUT2D eigenvalue weighted by Crippen LogP contribution is -2.39.